The minimum absolute atomic E-state index is 0.950. The monoisotopic (exact) mass is 125 g/mol. The summed E-state index contributed by atoms with van der Waals surface area (Å²) in [6.07, 6.45) is 5.11. The van der Waals surface area contributed by atoms with Crippen LogP contribution in [0.1, 0.15) is 27.2 Å². The van der Waals surface area contributed by atoms with Crippen molar-refractivity contribution in [1.82, 2.24) is 0 Å². The van der Waals surface area contributed by atoms with Crippen LogP contribution in [-0.2, 0) is 0 Å². The first-order chi connectivity index (χ1) is 4.31. The standard InChI is InChI=1S/C8H15N/c1-4-6-9-7-8(3)5-2/h5,7H,4,6H2,1-3H3/b8-5-,9-7-. The molecule has 0 aromatic rings. The first-order valence-electron chi connectivity index (χ1n) is 3.44. The van der Waals surface area contributed by atoms with Gasteiger partial charge in [0.2, 0.25) is 0 Å². The van der Waals surface area contributed by atoms with E-state index in [0.29, 0.717) is 0 Å². The number of rotatable bonds is 3. The van der Waals surface area contributed by atoms with Crippen LogP contribution in [0.3, 0.4) is 0 Å². The second kappa shape index (κ2) is 5.54. The summed E-state index contributed by atoms with van der Waals surface area (Å²) in [5.74, 6) is 0. The lowest BCUT2D eigenvalue weighted by Crippen LogP contribution is -1.79. The molecule has 0 radical (unpaired) electrons. The van der Waals surface area contributed by atoms with Gasteiger partial charge in [-0.25, -0.2) is 0 Å². The van der Waals surface area contributed by atoms with E-state index >= 15 is 0 Å². The second-order valence-electron chi connectivity index (χ2n) is 2.07. The van der Waals surface area contributed by atoms with Crippen molar-refractivity contribution in [2.24, 2.45) is 4.99 Å². The van der Waals surface area contributed by atoms with Crippen molar-refractivity contribution in [3.63, 3.8) is 0 Å². The lowest BCUT2D eigenvalue weighted by atomic mass is 10.3. The maximum absolute atomic E-state index is 4.17. The Kier molecular flexibility index (Phi) is 5.18. The van der Waals surface area contributed by atoms with Gasteiger partial charge in [0.05, 0.1) is 0 Å². The van der Waals surface area contributed by atoms with Crippen LogP contribution in [0.4, 0.5) is 0 Å². The molecule has 0 aromatic heterocycles. The Morgan fingerprint density at radius 2 is 2.22 bits per heavy atom. The minimum atomic E-state index is 0.950. The van der Waals surface area contributed by atoms with Gasteiger partial charge in [0, 0.05) is 12.8 Å². The van der Waals surface area contributed by atoms with Gasteiger partial charge >= 0.3 is 0 Å². The molecule has 52 valence electrons. The number of allylic oxidation sites excluding steroid dienone is 2. The largest absolute Gasteiger partial charge is 0.293 e. The molecule has 0 aliphatic heterocycles. The van der Waals surface area contributed by atoms with Crippen LogP contribution in [0.25, 0.3) is 0 Å². The van der Waals surface area contributed by atoms with Crippen LogP contribution >= 0.6 is 0 Å². The van der Waals surface area contributed by atoms with E-state index in [2.05, 4.69) is 24.9 Å². The van der Waals surface area contributed by atoms with E-state index in [9.17, 15) is 0 Å². The molecule has 0 atom stereocenters. The Hall–Kier alpha value is -0.590. The highest BCUT2D eigenvalue weighted by atomic mass is 14.7. The Balaban J connectivity index is 3.45. The van der Waals surface area contributed by atoms with E-state index < -0.39 is 0 Å². The molecule has 0 rings (SSSR count). The average molecular weight is 125 g/mol. The van der Waals surface area contributed by atoms with E-state index in [1.54, 1.807) is 0 Å². The van der Waals surface area contributed by atoms with Gasteiger partial charge in [-0.15, -0.1) is 0 Å². The summed E-state index contributed by atoms with van der Waals surface area (Å²) in [5.41, 5.74) is 1.24. The topological polar surface area (TPSA) is 12.4 Å². The number of hydrogen-bond acceptors (Lipinski definition) is 1. The molecule has 0 bridgehead atoms. The third-order valence-corrected chi connectivity index (χ3v) is 1.10. The molecule has 0 unspecified atom stereocenters. The molecule has 0 saturated heterocycles. The predicted octanol–water partition coefficient (Wildman–Crippen LogP) is 2.43. The summed E-state index contributed by atoms with van der Waals surface area (Å²) in [6.45, 7) is 7.15. The second-order valence-corrected chi connectivity index (χ2v) is 2.07. The molecule has 0 N–H and O–H groups in total. The normalized spacial score (nSPS) is 13.0. The molecule has 0 saturated carbocycles. The Morgan fingerprint density at radius 1 is 1.56 bits per heavy atom. The highest BCUT2D eigenvalue weighted by Crippen LogP contribution is 1.86. The molecule has 0 heterocycles. The molecule has 0 aromatic carbocycles. The van der Waals surface area contributed by atoms with Crippen molar-refractivity contribution >= 4 is 6.21 Å². The third kappa shape index (κ3) is 5.28. The SMILES string of the molecule is C/C=C(C)\C=N/CCC. The highest BCUT2D eigenvalue weighted by Gasteiger charge is 1.76. The van der Waals surface area contributed by atoms with Crippen LogP contribution in [0.5, 0.6) is 0 Å². The van der Waals surface area contributed by atoms with Crippen LogP contribution in [0.15, 0.2) is 16.6 Å². The van der Waals surface area contributed by atoms with Crippen molar-refractivity contribution < 1.29 is 0 Å². The van der Waals surface area contributed by atoms with Crippen molar-refractivity contribution in [2.75, 3.05) is 6.54 Å². The molecular formula is C8H15N. The molecule has 1 nitrogen and oxygen atoms in total. The zero-order valence-corrected chi connectivity index (χ0v) is 6.52. The summed E-state index contributed by atoms with van der Waals surface area (Å²) in [5, 5.41) is 0. The molecule has 0 fully saturated rings. The van der Waals surface area contributed by atoms with Gasteiger partial charge in [0.1, 0.15) is 0 Å². The number of hydrogen-bond donors (Lipinski definition) is 0. The maximum atomic E-state index is 4.17. The third-order valence-electron chi connectivity index (χ3n) is 1.10. The summed E-state index contributed by atoms with van der Waals surface area (Å²) in [6, 6.07) is 0. The highest BCUT2D eigenvalue weighted by molar-refractivity contribution is 5.77. The molecule has 0 aliphatic rings. The van der Waals surface area contributed by atoms with E-state index in [1.165, 1.54) is 5.57 Å². The van der Waals surface area contributed by atoms with Gasteiger partial charge in [-0.1, -0.05) is 13.0 Å². The van der Waals surface area contributed by atoms with Gasteiger partial charge in [-0.3, -0.25) is 4.99 Å². The molecule has 9 heavy (non-hydrogen) atoms. The fraction of sp³-hybridized carbons (Fsp3) is 0.625. The maximum Gasteiger partial charge on any atom is 0.0386 e. The molecule has 1 heteroatoms. The fourth-order valence-corrected chi connectivity index (χ4v) is 0.412. The van der Waals surface area contributed by atoms with Crippen LogP contribution in [0.2, 0.25) is 0 Å². The number of nitrogens with zero attached hydrogens (tertiary/aromatic N) is 1. The zero-order valence-electron chi connectivity index (χ0n) is 6.52. The first-order valence-corrected chi connectivity index (χ1v) is 3.44. The minimum Gasteiger partial charge on any atom is -0.293 e. The zero-order chi connectivity index (χ0) is 7.11. The van der Waals surface area contributed by atoms with E-state index in [0.717, 1.165) is 13.0 Å². The molecular weight excluding hydrogens is 110 g/mol. The van der Waals surface area contributed by atoms with E-state index in [1.807, 2.05) is 13.1 Å². The first kappa shape index (κ1) is 8.41. The van der Waals surface area contributed by atoms with Gasteiger partial charge in [0.15, 0.2) is 0 Å². The van der Waals surface area contributed by atoms with Gasteiger partial charge in [0.25, 0.3) is 0 Å². The van der Waals surface area contributed by atoms with E-state index in [-0.39, 0.29) is 0 Å². The predicted molar refractivity (Wildman–Crippen MR) is 43.1 cm³/mol. The van der Waals surface area contributed by atoms with E-state index in [4.69, 9.17) is 0 Å². The Bertz CT molecular complexity index is 112. The quantitative estimate of drug-likeness (QED) is 0.514. The summed E-state index contributed by atoms with van der Waals surface area (Å²) >= 11 is 0. The Labute approximate surface area is 57.5 Å². The fourth-order valence-electron chi connectivity index (χ4n) is 0.412. The lowest BCUT2D eigenvalue weighted by Gasteiger charge is -1.86. The smallest absolute Gasteiger partial charge is 0.0386 e. The van der Waals surface area contributed by atoms with Gasteiger partial charge in [-0.2, -0.15) is 0 Å². The van der Waals surface area contributed by atoms with Crippen molar-refractivity contribution in [3.8, 4) is 0 Å². The van der Waals surface area contributed by atoms with Crippen molar-refractivity contribution in [1.29, 1.82) is 0 Å². The molecule has 0 aliphatic carbocycles. The molecule has 0 spiro atoms. The van der Waals surface area contributed by atoms with Gasteiger partial charge in [-0.05, 0) is 25.8 Å². The summed E-state index contributed by atoms with van der Waals surface area (Å²) < 4.78 is 0. The van der Waals surface area contributed by atoms with Crippen molar-refractivity contribution in [3.05, 3.63) is 11.6 Å². The van der Waals surface area contributed by atoms with Crippen LogP contribution < -0.4 is 0 Å². The average Bonchev–Trinajstić information content (AvgIpc) is 1.89. The van der Waals surface area contributed by atoms with Gasteiger partial charge < -0.3 is 0 Å². The van der Waals surface area contributed by atoms with Crippen LogP contribution in [0, 0.1) is 0 Å². The summed E-state index contributed by atoms with van der Waals surface area (Å²) in [4.78, 5) is 4.17. The molecule has 0 amide bonds. The van der Waals surface area contributed by atoms with Crippen molar-refractivity contribution in [2.45, 2.75) is 27.2 Å². The number of aliphatic imine (C=N–C) groups is 1. The Morgan fingerprint density at radius 3 is 2.67 bits per heavy atom. The summed E-state index contributed by atoms with van der Waals surface area (Å²) in [7, 11) is 0. The van der Waals surface area contributed by atoms with Crippen LogP contribution in [-0.4, -0.2) is 12.8 Å². The lowest BCUT2D eigenvalue weighted by molar-refractivity contribution is 0.936.